The maximum Gasteiger partial charge on any atom is 0.326 e. The van der Waals surface area contributed by atoms with Crippen LogP contribution in [0.4, 0.5) is 16.2 Å². The van der Waals surface area contributed by atoms with E-state index >= 15 is 0 Å². The Morgan fingerprint density at radius 1 is 0.917 bits per heavy atom. The van der Waals surface area contributed by atoms with Crippen LogP contribution in [0.15, 0.2) is 72.8 Å². The van der Waals surface area contributed by atoms with Gasteiger partial charge in [-0.2, -0.15) is 0 Å². The number of nitro benzene ring substituents is 1. The molecule has 1 saturated heterocycles. The Hall–Kier alpha value is -4.93. The monoisotopic (exact) mass is 490 g/mol. The molecule has 184 valence electrons. The van der Waals surface area contributed by atoms with Crippen LogP contribution in [0.2, 0.25) is 0 Å². The van der Waals surface area contributed by atoms with Crippen LogP contribution in [-0.4, -0.2) is 48.4 Å². The number of hydrogen-bond acceptors (Lipinski definition) is 7. The van der Waals surface area contributed by atoms with Gasteiger partial charge in [0.2, 0.25) is 5.91 Å². The molecule has 0 saturated carbocycles. The van der Waals surface area contributed by atoms with Gasteiger partial charge in [0.1, 0.15) is 18.0 Å². The second-order valence-electron chi connectivity index (χ2n) is 7.88. The lowest BCUT2D eigenvalue weighted by Gasteiger charge is -2.28. The van der Waals surface area contributed by atoms with Gasteiger partial charge in [0.05, 0.1) is 19.1 Å². The number of amides is 4. The normalized spacial score (nSPS) is 14.2. The van der Waals surface area contributed by atoms with Gasteiger partial charge in [0.15, 0.2) is 5.54 Å². The zero-order valence-corrected chi connectivity index (χ0v) is 19.4. The number of methoxy groups -OCH3 is 2. The fourth-order valence-corrected chi connectivity index (χ4v) is 3.97. The number of nitrogens with one attached hydrogen (secondary N) is 2. The number of nitrogens with zero attached hydrogens (tertiary/aromatic N) is 2. The molecule has 0 radical (unpaired) electrons. The number of rotatable bonds is 8. The van der Waals surface area contributed by atoms with Crippen LogP contribution in [0.3, 0.4) is 0 Å². The molecule has 0 spiro atoms. The Morgan fingerprint density at radius 3 is 1.86 bits per heavy atom. The van der Waals surface area contributed by atoms with Crippen molar-refractivity contribution in [1.82, 2.24) is 10.2 Å². The van der Waals surface area contributed by atoms with Gasteiger partial charge in [-0.05, 0) is 47.5 Å². The Morgan fingerprint density at radius 2 is 1.42 bits per heavy atom. The van der Waals surface area contributed by atoms with E-state index in [-0.39, 0.29) is 11.4 Å². The zero-order valence-electron chi connectivity index (χ0n) is 19.4. The van der Waals surface area contributed by atoms with E-state index in [1.165, 1.54) is 38.5 Å². The lowest BCUT2D eigenvalue weighted by Crippen LogP contribution is -2.45. The molecule has 0 atom stereocenters. The lowest BCUT2D eigenvalue weighted by atomic mass is 9.82. The van der Waals surface area contributed by atoms with E-state index in [1.54, 1.807) is 48.5 Å². The van der Waals surface area contributed by atoms with Crippen molar-refractivity contribution in [1.29, 1.82) is 0 Å². The zero-order chi connectivity index (χ0) is 25.9. The van der Waals surface area contributed by atoms with E-state index < -0.39 is 34.9 Å². The summed E-state index contributed by atoms with van der Waals surface area (Å²) in [6.07, 6.45) is 0. The predicted octanol–water partition coefficient (Wildman–Crippen LogP) is 3.05. The van der Waals surface area contributed by atoms with Gasteiger partial charge in [0.25, 0.3) is 11.6 Å². The average molecular weight is 490 g/mol. The van der Waals surface area contributed by atoms with Crippen LogP contribution in [0.1, 0.15) is 11.1 Å². The summed E-state index contributed by atoms with van der Waals surface area (Å²) in [7, 11) is 3.03. The smallest absolute Gasteiger partial charge is 0.326 e. The minimum Gasteiger partial charge on any atom is -0.497 e. The summed E-state index contributed by atoms with van der Waals surface area (Å²) in [6, 6.07) is 17.8. The maximum atomic E-state index is 13.8. The Balaban J connectivity index is 1.63. The largest absolute Gasteiger partial charge is 0.497 e. The second-order valence-corrected chi connectivity index (χ2v) is 7.88. The first kappa shape index (κ1) is 24.2. The summed E-state index contributed by atoms with van der Waals surface area (Å²) >= 11 is 0. The van der Waals surface area contributed by atoms with Crippen LogP contribution < -0.4 is 20.1 Å². The van der Waals surface area contributed by atoms with Gasteiger partial charge in [-0.3, -0.25) is 24.6 Å². The van der Waals surface area contributed by atoms with E-state index in [0.717, 1.165) is 4.90 Å². The van der Waals surface area contributed by atoms with Crippen molar-refractivity contribution in [3.8, 4) is 11.5 Å². The SMILES string of the molecule is COc1ccc(C2(c3ccc(OC)cc3)NC(=O)N(CC(=O)Nc3ccc([N+](=O)[O-])cc3)C2=O)cc1. The van der Waals surface area contributed by atoms with Crippen LogP contribution in [0.5, 0.6) is 11.5 Å². The van der Waals surface area contributed by atoms with Gasteiger partial charge < -0.3 is 20.1 Å². The number of urea groups is 1. The molecule has 1 aliphatic rings. The van der Waals surface area contributed by atoms with E-state index in [2.05, 4.69) is 10.6 Å². The van der Waals surface area contributed by atoms with Crippen LogP contribution in [-0.2, 0) is 15.1 Å². The Bertz CT molecular complexity index is 1260. The maximum absolute atomic E-state index is 13.8. The van der Waals surface area contributed by atoms with Crippen LogP contribution >= 0.6 is 0 Å². The molecule has 3 aromatic carbocycles. The number of benzene rings is 3. The van der Waals surface area contributed by atoms with Crippen molar-refractivity contribution in [2.75, 3.05) is 26.1 Å². The summed E-state index contributed by atoms with van der Waals surface area (Å²) < 4.78 is 10.4. The number of ether oxygens (including phenoxy) is 2. The molecule has 0 aromatic heterocycles. The molecule has 3 aromatic rings. The molecule has 0 unspecified atom stereocenters. The summed E-state index contributed by atoms with van der Waals surface area (Å²) in [5, 5.41) is 16.1. The number of carbonyl (C=O) groups excluding carboxylic acids is 3. The summed E-state index contributed by atoms with van der Waals surface area (Å²) in [6.45, 7) is -0.560. The number of hydrogen-bond donors (Lipinski definition) is 2. The first-order valence-electron chi connectivity index (χ1n) is 10.8. The molecule has 0 bridgehead atoms. The van der Waals surface area contributed by atoms with E-state index in [0.29, 0.717) is 22.6 Å². The first-order valence-corrected chi connectivity index (χ1v) is 10.8. The number of anilines is 1. The Kier molecular flexibility index (Phi) is 6.55. The number of carbonyl (C=O) groups is 3. The molecule has 1 aliphatic heterocycles. The molecule has 11 nitrogen and oxygen atoms in total. The fourth-order valence-electron chi connectivity index (χ4n) is 3.97. The molecule has 2 N–H and O–H groups in total. The van der Waals surface area contributed by atoms with E-state index in [4.69, 9.17) is 9.47 Å². The fraction of sp³-hybridized carbons (Fsp3) is 0.160. The van der Waals surface area contributed by atoms with Crippen molar-refractivity contribution < 1.29 is 28.8 Å². The van der Waals surface area contributed by atoms with E-state index in [9.17, 15) is 24.5 Å². The van der Waals surface area contributed by atoms with Gasteiger partial charge in [0, 0.05) is 17.8 Å². The number of imide groups is 1. The minimum atomic E-state index is -1.58. The van der Waals surface area contributed by atoms with Crippen molar-refractivity contribution in [3.63, 3.8) is 0 Å². The molecular weight excluding hydrogens is 468 g/mol. The van der Waals surface area contributed by atoms with E-state index in [1.807, 2.05) is 0 Å². The first-order chi connectivity index (χ1) is 17.3. The number of nitro groups is 1. The lowest BCUT2D eigenvalue weighted by molar-refractivity contribution is -0.384. The quantitative estimate of drug-likeness (QED) is 0.281. The van der Waals surface area contributed by atoms with Crippen molar-refractivity contribution in [2.45, 2.75) is 5.54 Å². The summed E-state index contributed by atoms with van der Waals surface area (Å²) in [4.78, 5) is 50.5. The molecule has 1 fully saturated rings. The van der Waals surface area contributed by atoms with Gasteiger partial charge in [-0.1, -0.05) is 24.3 Å². The van der Waals surface area contributed by atoms with Crippen molar-refractivity contribution >= 4 is 29.2 Å². The van der Waals surface area contributed by atoms with Crippen LogP contribution in [0, 0.1) is 10.1 Å². The molecule has 11 heteroatoms. The van der Waals surface area contributed by atoms with Crippen LogP contribution in [0.25, 0.3) is 0 Å². The van der Waals surface area contributed by atoms with Gasteiger partial charge in [-0.25, -0.2) is 4.79 Å². The highest BCUT2D eigenvalue weighted by Gasteiger charge is 2.54. The molecule has 0 aliphatic carbocycles. The highest BCUT2D eigenvalue weighted by atomic mass is 16.6. The molecule has 36 heavy (non-hydrogen) atoms. The standard InChI is InChI=1S/C25H22N4O7/c1-35-20-11-3-16(4-12-20)25(17-5-13-21(36-2)14-6-17)23(31)28(24(32)27-25)15-22(30)26-18-7-9-19(10-8-18)29(33)34/h3-14H,15H2,1-2H3,(H,26,30)(H,27,32). The minimum absolute atomic E-state index is 0.133. The second kappa shape index (κ2) is 9.74. The molecule has 4 rings (SSSR count). The topological polar surface area (TPSA) is 140 Å². The third kappa shape index (κ3) is 4.41. The Labute approximate surface area is 205 Å². The average Bonchev–Trinajstić information content (AvgIpc) is 3.14. The predicted molar refractivity (Wildman–Crippen MR) is 129 cm³/mol. The third-order valence-corrected chi connectivity index (χ3v) is 5.82. The van der Waals surface area contributed by atoms with Gasteiger partial charge in [-0.15, -0.1) is 0 Å². The number of non-ortho nitro benzene ring substituents is 1. The molecular formula is C25H22N4O7. The summed E-state index contributed by atoms with van der Waals surface area (Å²) in [5.74, 6) is -0.145. The summed E-state index contributed by atoms with van der Waals surface area (Å²) in [5.41, 5.74) is -0.473. The van der Waals surface area contributed by atoms with Crippen molar-refractivity contribution in [2.24, 2.45) is 0 Å². The third-order valence-electron chi connectivity index (χ3n) is 5.82. The highest BCUT2D eigenvalue weighted by Crippen LogP contribution is 2.37. The molecule has 1 heterocycles. The molecule has 4 amide bonds. The highest BCUT2D eigenvalue weighted by molar-refractivity contribution is 6.12. The van der Waals surface area contributed by atoms with Crippen molar-refractivity contribution in [3.05, 3.63) is 94.0 Å². The van der Waals surface area contributed by atoms with Gasteiger partial charge >= 0.3 is 6.03 Å².